The second kappa shape index (κ2) is 6.66. The van der Waals surface area contributed by atoms with Crippen LogP contribution in [-0.2, 0) is 0 Å². The summed E-state index contributed by atoms with van der Waals surface area (Å²) in [5.74, 6) is -2.14. The van der Waals surface area contributed by atoms with E-state index in [1.807, 2.05) is 0 Å². The Bertz CT molecular complexity index is 691. The summed E-state index contributed by atoms with van der Waals surface area (Å²) in [6.45, 7) is 1.71. The second-order valence-electron chi connectivity index (χ2n) is 4.49. The maximum Gasteiger partial charge on any atom is 0.252 e. The minimum atomic E-state index is -0.932. The van der Waals surface area contributed by atoms with Crippen molar-refractivity contribution in [2.75, 3.05) is 0 Å². The zero-order chi connectivity index (χ0) is 15.6. The SMILES string of the molecule is CC(NC(=O)c1ccc(Br)cc1Br)c1ccc(F)c(F)c1. The molecule has 1 unspecified atom stereocenters. The number of rotatable bonds is 3. The molecule has 6 heteroatoms. The topological polar surface area (TPSA) is 29.1 Å². The molecule has 1 amide bonds. The van der Waals surface area contributed by atoms with E-state index in [1.54, 1.807) is 25.1 Å². The molecule has 2 nitrogen and oxygen atoms in total. The summed E-state index contributed by atoms with van der Waals surface area (Å²) in [4.78, 5) is 12.2. The molecule has 0 fully saturated rings. The van der Waals surface area contributed by atoms with E-state index in [2.05, 4.69) is 37.2 Å². The summed E-state index contributed by atoms with van der Waals surface area (Å²) in [5, 5.41) is 2.75. The van der Waals surface area contributed by atoms with Crippen LogP contribution in [-0.4, -0.2) is 5.91 Å². The number of halogens is 4. The lowest BCUT2D eigenvalue weighted by atomic mass is 10.1. The molecule has 0 bridgehead atoms. The Morgan fingerprint density at radius 1 is 1.10 bits per heavy atom. The third-order valence-corrected chi connectivity index (χ3v) is 4.12. The van der Waals surface area contributed by atoms with E-state index in [1.165, 1.54) is 6.07 Å². The number of carbonyl (C=O) groups is 1. The van der Waals surface area contributed by atoms with Gasteiger partial charge in [0.05, 0.1) is 11.6 Å². The molecule has 0 saturated carbocycles. The molecule has 2 rings (SSSR count). The van der Waals surface area contributed by atoms with Crippen LogP contribution < -0.4 is 5.32 Å². The van der Waals surface area contributed by atoms with Crippen LogP contribution in [0.25, 0.3) is 0 Å². The van der Waals surface area contributed by atoms with Gasteiger partial charge in [0.25, 0.3) is 5.91 Å². The third-order valence-electron chi connectivity index (χ3n) is 2.97. The minimum absolute atomic E-state index is 0.299. The fourth-order valence-corrected chi connectivity index (χ4v) is 3.04. The average molecular weight is 419 g/mol. The monoisotopic (exact) mass is 417 g/mol. The van der Waals surface area contributed by atoms with E-state index in [4.69, 9.17) is 0 Å². The van der Waals surface area contributed by atoms with Crippen molar-refractivity contribution in [3.63, 3.8) is 0 Å². The molecule has 2 aromatic carbocycles. The van der Waals surface area contributed by atoms with Crippen LogP contribution in [0.5, 0.6) is 0 Å². The Labute approximate surface area is 137 Å². The maximum atomic E-state index is 13.2. The van der Waals surface area contributed by atoms with Crippen LogP contribution in [0.4, 0.5) is 8.78 Å². The lowest BCUT2D eigenvalue weighted by Gasteiger charge is -2.15. The van der Waals surface area contributed by atoms with E-state index in [-0.39, 0.29) is 5.91 Å². The van der Waals surface area contributed by atoms with E-state index in [0.717, 1.165) is 16.6 Å². The molecular weight excluding hydrogens is 408 g/mol. The number of hydrogen-bond acceptors (Lipinski definition) is 1. The van der Waals surface area contributed by atoms with E-state index in [9.17, 15) is 13.6 Å². The molecule has 0 saturated heterocycles. The van der Waals surface area contributed by atoms with Gasteiger partial charge in [-0.3, -0.25) is 4.79 Å². The highest BCUT2D eigenvalue weighted by Gasteiger charge is 2.15. The van der Waals surface area contributed by atoms with Crippen LogP contribution in [0.15, 0.2) is 45.3 Å². The van der Waals surface area contributed by atoms with Gasteiger partial charge in [0.1, 0.15) is 0 Å². The maximum absolute atomic E-state index is 13.2. The quantitative estimate of drug-likeness (QED) is 0.748. The van der Waals surface area contributed by atoms with Gasteiger partial charge in [-0.05, 0) is 58.7 Å². The van der Waals surface area contributed by atoms with Gasteiger partial charge in [0, 0.05) is 8.95 Å². The van der Waals surface area contributed by atoms with Crippen molar-refractivity contribution in [2.45, 2.75) is 13.0 Å². The van der Waals surface area contributed by atoms with Crippen molar-refractivity contribution in [1.29, 1.82) is 0 Å². The Morgan fingerprint density at radius 2 is 1.81 bits per heavy atom. The van der Waals surface area contributed by atoms with Gasteiger partial charge in [-0.2, -0.15) is 0 Å². The summed E-state index contributed by atoms with van der Waals surface area (Å²) in [7, 11) is 0. The molecule has 21 heavy (non-hydrogen) atoms. The summed E-state index contributed by atoms with van der Waals surface area (Å²) in [6.07, 6.45) is 0. The molecule has 2 aromatic rings. The van der Waals surface area contributed by atoms with Crippen molar-refractivity contribution in [3.05, 3.63) is 68.1 Å². The third kappa shape index (κ3) is 3.89. The Balaban J connectivity index is 2.16. The lowest BCUT2D eigenvalue weighted by Crippen LogP contribution is -2.27. The first-order valence-electron chi connectivity index (χ1n) is 6.09. The van der Waals surface area contributed by atoms with E-state index in [0.29, 0.717) is 15.6 Å². The van der Waals surface area contributed by atoms with Crippen LogP contribution >= 0.6 is 31.9 Å². The van der Waals surface area contributed by atoms with Gasteiger partial charge >= 0.3 is 0 Å². The number of carbonyl (C=O) groups excluding carboxylic acids is 1. The molecular formula is C15H11Br2F2NO. The zero-order valence-electron chi connectivity index (χ0n) is 11.0. The molecule has 0 aliphatic rings. The van der Waals surface area contributed by atoms with Crippen molar-refractivity contribution < 1.29 is 13.6 Å². The molecule has 0 aliphatic carbocycles. The molecule has 0 aliphatic heterocycles. The highest BCUT2D eigenvalue weighted by Crippen LogP contribution is 2.23. The van der Waals surface area contributed by atoms with Crippen LogP contribution in [0.1, 0.15) is 28.9 Å². The lowest BCUT2D eigenvalue weighted by molar-refractivity contribution is 0.0939. The Kier molecular flexibility index (Phi) is 5.11. The van der Waals surface area contributed by atoms with Gasteiger partial charge < -0.3 is 5.32 Å². The largest absolute Gasteiger partial charge is 0.345 e. The summed E-state index contributed by atoms with van der Waals surface area (Å²) in [5.41, 5.74) is 0.961. The van der Waals surface area contributed by atoms with Gasteiger partial charge in [0.2, 0.25) is 0 Å². The smallest absolute Gasteiger partial charge is 0.252 e. The highest BCUT2D eigenvalue weighted by atomic mass is 79.9. The van der Waals surface area contributed by atoms with Gasteiger partial charge in [0.15, 0.2) is 11.6 Å². The molecule has 0 radical (unpaired) electrons. The first-order valence-corrected chi connectivity index (χ1v) is 7.68. The van der Waals surface area contributed by atoms with Crippen LogP contribution in [0, 0.1) is 11.6 Å². The number of amides is 1. The Hall–Kier alpha value is -1.27. The number of nitrogens with one attached hydrogen (secondary N) is 1. The van der Waals surface area contributed by atoms with Crippen LogP contribution in [0.2, 0.25) is 0 Å². The average Bonchev–Trinajstić information content (AvgIpc) is 2.41. The molecule has 0 aromatic heterocycles. The summed E-state index contributed by atoms with van der Waals surface area (Å²) in [6, 6.07) is 8.31. The van der Waals surface area contributed by atoms with Gasteiger partial charge in [-0.25, -0.2) is 8.78 Å². The van der Waals surface area contributed by atoms with Gasteiger partial charge in [-0.15, -0.1) is 0 Å². The number of benzene rings is 2. The van der Waals surface area contributed by atoms with Crippen LogP contribution in [0.3, 0.4) is 0 Å². The normalized spacial score (nSPS) is 12.0. The summed E-state index contributed by atoms with van der Waals surface area (Å²) >= 11 is 6.62. The molecule has 110 valence electrons. The fourth-order valence-electron chi connectivity index (χ4n) is 1.81. The predicted octanol–water partition coefficient (Wildman–Crippen LogP) is 4.98. The Morgan fingerprint density at radius 3 is 2.43 bits per heavy atom. The second-order valence-corrected chi connectivity index (χ2v) is 6.26. The minimum Gasteiger partial charge on any atom is -0.345 e. The molecule has 0 spiro atoms. The van der Waals surface area contributed by atoms with Crippen molar-refractivity contribution in [1.82, 2.24) is 5.32 Å². The van der Waals surface area contributed by atoms with E-state index < -0.39 is 17.7 Å². The van der Waals surface area contributed by atoms with Crippen molar-refractivity contribution in [2.24, 2.45) is 0 Å². The highest BCUT2D eigenvalue weighted by molar-refractivity contribution is 9.11. The van der Waals surface area contributed by atoms with E-state index >= 15 is 0 Å². The van der Waals surface area contributed by atoms with Crippen molar-refractivity contribution >= 4 is 37.8 Å². The zero-order valence-corrected chi connectivity index (χ0v) is 14.1. The molecule has 1 atom stereocenters. The molecule has 0 heterocycles. The van der Waals surface area contributed by atoms with Crippen molar-refractivity contribution in [3.8, 4) is 0 Å². The summed E-state index contributed by atoms with van der Waals surface area (Å²) < 4.78 is 27.6. The first kappa shape index (κ1) is 16.1. The fraction of sp³-hybridized carbons (Fsp3) is 0.133. The standard InChI is InChI=1S/C15H11Br2F2NO/c1-8(9-2-5-13(18)14(19)6-9)20-15(21)11-4-3-10(16)7-12(11)17/h2-8H,1H3,(H,20,21). The molecule has 1 N–H and O–H groups in total. The first-order chi connectivity index (χ1) is 9.88. The predicted molar refractivity (Wildman–Crippen MR) is 84.1 cm³/mol. The number of hydrogen-bond donors (Lipinski definition) is 1. The van der Waals surface area contributed by atoms with Gasteiger partial charge in [-0.1, -0.05) is 22.0 Å².